The van der Waals surface area contributed by atoms with E-state index in [1.165, 1.54) is 0 Å². The van der Waals surface area contributed by atoms with Gasteiger partial charge in [0.1, 0.15) is 24.0 Å². The van der Waals surface area contributed by atoms with Crippen molar-refractivity contribution >= 4 is 22.8 Å². The van der Waals surface area contributed by atoms with Crippen molar-refractivity contribution < 1.29 is 27.8 Å². The van der Waals surface area contributed by atoms with Crippen LogP contribution >= 0.6 is 0 Å². The van der Waals surface area contributed by atoms with Crippen LogP contribution in [0.1, 0.15) is 55.6 Å². The molecule has 1 aliphatic rings. The molecule has 1 amide bonds. The first-order valence-corrected chi connectivity index (χ1v) is 11.7. The lowest BCUT2D eigenvalue weighted by atomic mass is 9.88. The minimum absolute atomic E-state index is 0.0303. The van der Waals surface area contributed by atoms with Crippen LogP contribution in [-0.2, 0) is 4.74 Å². The number of nitrogens with zero attached hydrogens (tertiary/aromatic N) is 2. The maximum Gasteiger partial charge on any atom is 0.410 e. The van der Waals surface area contributed by atoms with Crippen molar-refractivity contribution in [3.05, 3.63) is 41.6 Å². The summed E-state index contributed by atoms with van der Waals surface area (Å²) in [4.78, 5) is 29.3. The van der Waals surface area contributed by atoms with Crippen molar-refractivity contribution in [1.82, 2.24) is 15.2 Å². The zero-order valence-electron chi connectivity index (χ0n) is 21.4. The number of Topliss-reactive ketones (excluding diaryl/α,β-unsaturated/α-hetero) is 1. The Bertz CT molecular complexity index is 1120. The second-order valence-corrected chi connectivity index (χ2v) is 9.52. The number of alkyl halides is 2. The molecule has 0 unspecified atom stereocenters. The van der Waals surface area contributed by atoms with E-state index in [-0.39, 0.29) is 23.3 Å². The number of likely N-dealkylation sites (tertiary alicyclic amines) is 1. The summed E-state index contributed by atoms with van der Waals surface area (Å²) in [5.74, 6) is -0.246. The Morgan fingerprint density at radius 3 is 2.39 bits per heavy atom. The number of hydrogen-bond acceptors (Lipinski definition) is 6. The van der Waals surface area contributed by atoms with Crippen LogP contribution in [-0.4, -0.2) is 67.6 Å². The summed E-state index contributed by atoms with van der Waals surface area (Å²) >= 11 is 0. The van der Waals surface area contributed by atoms with Gasteiger partial charge in [-0.2, -0.15) is 5.26 Å². The molecule has 2 aromatic rings. The zero-order valence-corrected chi connectivity index (χ0v) is 21.4. The Morgan fingerprint density at radius 2 is 1.86 bits per heavy atom. The highest BCUT2D eigenvalue weighted by Crippen LogP contribution is 2.38. The lowest BCUT2D eigenvalue weighted by Gasteiger charge is -2.34. The molecule has 0 bridgehead atoms. The SMILES string of the molecule is C=C(C#N)C(=O)c1cc2cc(OCC(F)F)c(C3CCN(C(=O)OC(C)(C)C)CC3)cc2[nH]1.CNC. The summed E-state index contributed by atoms with van der Waals surface area (Å²) in [6.45, 7) is 9.03. The number of amides is 1. The number of ketones is 1. The predicted octanol–water partition coefficient (Wildman–Crippen LogP) is 5.02. The summed E-state index contributed by atoms with van der Waals surface area (Å²) in [5, 5.41) is 12.3. The van der Waals surface area contributed by atoms with Gasteiger partial charge < -0.3 is 24.7 Å². The van der Waals surface area contributed by atoms with Crippen LogP contribution in [0, 0.1) is 11.3 Å². The highest BCUT2D eigenvalue weighted by atomic mass is 19.3. The molecule has 2 N–H and O–H groups in total. The molecular weight excluding hydrogens is 470 g/mol. The molecular formula is C26H34F2N4O4. The molecule has 1 aliphatic heterocycles. The van der Waals surface area contributed by atoms with E-state index in [0.717, 1.165) is 5.56 Å². The average Bonchev–Trinajstić information content (AvgIpc) is 3.23. The Labute approximate surface area is 210 Å². The van der Waals surface area contributed by atoms with E-state index in [1.807, 2.05) is 14.1 Å². The molecule has 1 aromatic carbocycles. The number of fused-ring (bicyclic) bond motifs is 1. The van der Waals surface area contributed by atoms with Gasteiger partial charge >= 0.3 is 6.09 Å². The summed E-state index contributed by atoms with van der Waals surface area (Å²) in [6, 6.07) is 6.68. The second-order valence-electron chi connectivity index (χ2n) is 9.52. The maximum absolute atomic E-state index is 12.8. The number of halogens is 2. The number of rotatable bonds is 6. The number of nitrogens with one attached hydrogen (secondary N) is 2. The van der Waals surface area contributed by atoms with Crippen LogP contribution in [0.25, 0.3) is 10.9 Å². The average molecular weight is 505 g/mol. The third-order valence-corrected chi connectivity index (χ3v) is 5.36. The first-order chi connectivity index (χ1) is 16.9. The lowest BCUT2D eigenvalue weighted by Crippen LogP contribution is -2.41. The van der Waals surface area contributed by atoms with E-state index in [2.05, 4.69) is 16.9 Å². The van der Waals surface area contributed by atoms with E-state index < -0.39 is 24.4 Å². The minimum atomic E-state index is -2.63. The van der Waals surface area contributed by atoms with Crippen LogP contribution in [0.4, 0.5) is 13.6 Å². The standard InChI is InChI=1S/C24H27F2N3O4.C2H7N/c1-14(12-27)22(30)19-9-16-10-20(32-13-21(25)26)17(11-18(16)28-19)15-5-7-29(8-6-15)23(31)33-24(2,3)4;1-3-2/h9-11,15,21,28H,1,5-8,13H2,2-4H3;3H,1-2H3. The largest absolute Gasteiger partial charge is 0.487 e. The molecule has 196 valence electrons. The third kappa shape index (κ3) is 7.78. The van der Waals surface area contributed by atoms with Crippen LogP contribution in [0.5, 0.6) is 5.75 Å². The topological polar surface area (TPSA) is 107 Å². The fourth-order valence-electron chi connectivity index (χ4n) is 3.81. The predicted molar refractivity (Wildman–Crippen MR) is 134 cm³/mol. The summed E-state index contributed by atoms with van der Waals surface area (Å²) < 4.78 is 36.5. The number of nitriles is 1. The highest BCUT2D eigenvalue weighted by Gasteiger charge is 2.29. The zero-order chi connectivity index (χ0) is 27.0. The molecule has 0 radical (unpaired) electrons. The molecule has 8 nitrogen and oxygen atoms in total. The molecule has 0 spiro atoms. The Kier molecular flexibility index (Phi) is 9.99. The van der Waals surface area contributed by atoms with Crippen molar-refractivity contribution in [3.8, 4) is 11.8 Å². The molecule has 0 atom stereocenters. The van der Waals surface area contributed by atoms with E-state index in [4.69, 9.17) is 14.7 Å². The van der Waals surface area contributed by atoms with Crippen molar-refractivity contribution in [1.29, 1.82) is 5.26 Å². The normalized spacial score (nSPS) is 14.1. The van der Waals surface area contributed by atoms with Crippen LogP contribution in [0.3, 0.4) is 0 Å². The van der Waals surface area contributed by atoms with Gasteiger partial charge in [-0.3, -0.25) is 4.79 Å². The first kappa shape index (κ1) is 28.8. The number of aromatic nitrogens is 1. The smallest absolute Gasteiger partial charge is 0.410 e. The number of hydrogen-bond donors (Lipinski definition) is 2. The van der Waals surface area contributed by atoms with E-state index >= 15 is 0 Å². The summed E-state index contributed by atoms with van der Waals surface area (Å²) in [6.07, 6.45) is -1.80. The number of H-pyrrole nitrogens is 1. The van der Waals surface area contributed by atoms with Gasteiger partial charge in [0.25, 0.3) is 6.43 Å². The van der Waals surface area contributed by atoms with Gasteiger partial charge in [-0.25, -0.2) is 13.6 Å². The number of allylic oxidation sites excluding steroid dienone is 1. The van der Waals surface area contributed by atoms with Gasteiger partial charge in [0.15, 0.2) is 0 Å². The van der Waals surface area contributed by atoms with Gasteiger partial charge in [-0.15, -0.1) is 0 Å². The molecule has 1 fully saturated rings. The Hall–Kier alpha value is -3.45. The molecule has 10 heteroatoms. The van der Waals surface area contributed by atoms with Crippen LogP contribution in [0.15, 0.2) is 30.4 Å². The van der Waals surface area contributed by atoms with Gasteiger partial charge in [0.05, 0.1) is 11.3 Å². The van der Waals surface area contributed by atoms with Crippen molar-refractivity contribution in [2.24, 2.45) is 0 Å². The van der Waals surface area contributed by atoms with Crippen LogP contribution < -0.4 is 10.1 Å². The highest BCUT2D eigenvalue weighted by molar-refractivity contribution is 6.11. The molecule has 1 saturated heterocycles. The van der Waals surface area contributed by atoms with E-state index in [9.17, 15) is 18.4 Å². The number of piperidine rings is 1. The molecule has 36 heavy (non-hydrogen) atoms. The molecule has 3 rings (SSSR count). The number of aromatic amines is 1. The van der Waals surface area contributed by atoms with Gasteiger partial charge in [0, 0.05) is 24.0 Å². The molecule has 0 saturated carbocycles. The molecule has 2 heterocycles. The number of benzene rings is 1. The van der Waals surface area contributed by atoms with Crippen molar-refractivity contribution in [2.75, 3.05) is 33.8 Å². The minimum Gasteiger partial charge on any atom is -0.487 e. The monoisotopic (exact) mass is 504 g/mol. The number of carbonyl (C=O) groups excluding carboxylic acids is 2. The fraction of sp³-hybridized carbons (Fsp3) is 0.500. The van der Waals surface area contributed by atoms with Crippen LogP contribution in [0.2, 0.25) is 0 Å². The van der Waals surface area contributed by atoms with Gasteiger partial charge in [-0.1, -0.05) is 6.58 Å². The Balaban J connectivity index is 0.00000145. The maximum atomic E-state index is 12.8. The van der Waals surface area contributed by atoms with Gasteiger partial charge in [0.2, 0.25) is 5.78 Å². The summed E-state index contributed by atoms with van der Waals surface area (Å²) in [5.41, 5.74) is 0.748. The second kappa shape index (κ2) is 12.5. The Morgan fingerprint density at radius 1 is 1.25 bits per heavy atom. The van der Waals surface area contributed by atoms with E-state index in [0.29, 0.717) is 42.6 Å². The van der Waals surface area contributed by atoms with Crippen molar-refractivity contribution in [3.63, 3.8) is 0 Å². The van der Waals surface area contributed by atoms with E-state index in [1.54, 1.807) is 49.9 Å². The molecule has 1 aromatic heterocycles. The van der Waals surface area contributed by atoms with Gasteiger partial charge in [-0.05, 0) is 77.4 Å². The lowest BCUT2D eigenvalue weighted by molar-refractivity contribution is 0.0203. The number of carbonyl (C=O) groups is 2. The number of ether oxygens (including phenoxy) is 2. The quantitative estimate of drug-likeness (QED) is 0.325. The fourth-order valence-corrected chi connectivity index (χ4v) is 3.81. The first-order valence-electron chi connectivity index (χ1n) is 11.7. The van der Waals surface area contributed by atoms with Crippen molar-refractivity contribution in [2.45, 2.75) is 51.6 Å². The summed E-state index contributed by atoms with van der Waals surface area (Å²) in [7, 11) is 3.75. The molecule has 0 aliphatic carbocycles. The third-order valence-electron chi connectivity index (χ3n) is 5.36.